The largest absolute Gasteiger partial charge is 0.465 e. The van der Waals surface area contributed by atoms with Gasteiger partial charge in [-0.25, -0.2) is 9.97 Å². The maximum absolute atomic E-state index is 11.9. The number of halogens is 1. The van der Waals surface area contributed by atoms with Crippen molar-refractivity contribution in [2.24, 2.45) is 0 Å². The fourth-order valence-corrected chi connectivity index (χ4v) is 4.29. The summed E-state index contributed by atoms with van der Waals surface area (Å²) in [4.78, 5) is 21.5. The molecule has 0 fully saturated rings. The molecule has 0 saturated heterocycles. The van der Waals surface area contributed by atoms with Crippen molar-refractivity contribution in [1.82, 2.24) is 9.97 Å². The van der Waals surface area contributed by atoms with E-state index >= 15 is 0 Å². The van der Waals surface area contributed by atoms with Gasteiger partial charge in [0.1, 0.15) is 21.4 Å². The van der Waals surface area contributed by atoms with E-state index in [0.717, 1.165) is 26.4 Å². The van der Waals surface area contributed by atoms with Crippen LogP contribution in [0.15, 0.2) is 41.0 Å². The second-order valence-electron chi connectivity index (χ2n) is 5.03. The number of hydrogen-bond donors (Lipinski definition) is 0. The number of esters is 1. The van der Waals surface area contributed by atoms with E-state index in [9.17, 15) is 4.79 Å². The van der Waals surface area contributed by atoms with E-state index in [2.05, 4.69) is 15.3 Å². The molecule has 0 bridgehead atoms. The predicted octanol–water partition coefficient (Wildman–Crippen LogP) is 5.06. The van der Waals surface area contributed by atoms with Crippen molar-refractivity contribution in [1.29, 1.82) is 0 Å². The van der Waals surface area contributed by atoms with E-state index in [-0.39, 0.29) is 11.2 Å². The summed E-state index contributed by atoms with van der Waals surface area (Å²) in [6, 6.07) is 7.66. The second-order valence-corrected chi connectivity index (χ2v) is 7.65. The van der Waals surface area contributed by atoms with E-state index in [0.29, 0.717) is 11.6 Å². The Morgan fingerprint density at radius 3 is 2.79 bits per heavy atom. The maximum atomic E-state index is 11.9. The van der Waals surface area contributed by atoms with E-state index in [1.807, 2.05) is 31.2 Å². The van der Waals surface area contributed by atoms with Crippen LogP contribution < -0.4 is 0 Å². The van der Waals surface area contributed by atoms with Crippen LogP contribution in [-0.4, -0.2) is 27.8 Å². The molecule has 0 aliphatic rings. The molecule has 0 spiro atoms. The quantitative estimate of drug-likeness (QED) is 0.353. The molecular weight excluding hydrogens is 364 g/mol. The maximum Gasteiger partial charge on any atom is 0.319 e. The Kier molecular flexibility index (Phi) is 5.38. The average molecular weight is 379 g/mol. The van der Waals surface area contributed by atoms with E-state index in [1.165, 1.54) is 18.1 Å². The summed E-state index contributed by atoms with van der Waals surface area (Å²) in [6.07, 6.45) is 1.53. The molecule has 4 nitrogen and oxygen atoms in total. The molecule has 7 heteroatoms. The van der Waals surface area contributed by atoms with Crippen LogP contribution in [0.25, 0.3) is 21.3 Å². The van der Waals surface area contributed by atoms with Crippen LogP contribution in [-0.2, 0) is 9.53 Å². The summed E-state index contributed by atoms with van der Waals surface area (Å²) in [5.41, 5.74) is 2.09. The Labute approximate surface area is 153 Å². The van der Waals surface area contributed by atoms with Gasteiger partial charge in [0, 0.05) is 16.0 Å². The molecule has 24 heavy (non-hydrogen) atoms. The third-order valence-corrected chi connectivity index (χ3v) is 5.61. The number of nitrogens with zero attached hydrogens (tertiary/aromatic N) is 2. The molecule has 0 aliphatic heterocycles. The molecule has 0 unspecified atom stereocenters. The standard InChI is InChI=1S/C17H15ClN2O2S2/c1-3-22-17(21)10(2)24-16-14-13(8-23-15(14)19-9-20-16)11-4-6-12(18)7-5-11/h4-10H,3H2,1-2H3/t10-/m0/s1. The number of thiophene rings is 1. The molecule has 2 aromatic heterocycles. The van der Waals surface area contributed by atoms with Crippen LogP contribution in [0.1, 0.15) is 13.8 Å². The van der Waals surface area contributed by atoms with Crippen molar-refractivity contribution in [3.63, 3.8) is 0 Å². The van der Waals surface area contributed by atoms with Crippen LogP contribution >= 0.6 is 34.7 Å². The highest BCUT2D eigenvalue weighted by atomic mass is 35.5. The van der Waals surface area contributed by atoms with Crippen LogP contribution in [0.4, 0.5) is 0 Å². The molecular formula is C17H15ClN2O2S2. The molecule has 124 valence electrons. The van der Waals surface area contributed by atoms with Crippen LogP contribution in [0.3, 0.4) is 0 Å². The fourth-order valence-electron chi connectivity index (χ4n) is 2.25. The summed E-state index contributed by atoms with van der Waals surface area (Å²) in [7, 11) is 0. The Morgan fingerprint density at radius 1 is 1.33 bits per heavy atom. The van der Waals surface area contributed by atoms with Gasteiger partial charge >= 0.3 is 5.97 Å². The number of fused-ring (bicyclic) bond motifs is 1. The lowest BCUT2D eigenvalue weighted by atomic mass is 10.1. The highest BCUT2D eigenvalue weighted by Crippen LogP contribution is 2.39. The van der Waals surface area contributed by atoms with Crippen molar-refractivity contribution in [2.45, 2.75) is 24.1 Å². The lowest BCUT2D eigenvalue weighted by Crippen LogP contribution is -2.16. The van der Waals surface area contributed by atoms with Crippen molar-refractivity contribution in [3.8, 4) is 11.1 Å². The first-order valence-corrected chi connectivity index (χ1v) is 9.55. The lowest BCUT2D eigenvalue weighted by molar-refractivity contribution is -0.142. The van der Waals surface area contributed by atoms with Crippen molar-refractivity contribution < 1.29 is 9.53 Å². The van der Waals surface area contributed by atoms with Gasteiger partial charge in [0.05, 0.1) is 12.0 Å². The zero-order valence-corrected chi connectivity index (χ0v) is 15.5. The van der Waals surface area contributed by atoms with Crippen LogP contribution in [0, 0.1) is 0 Å². The Bertz CT molecular complexity index is 865. The zero-order valence-electron chi connectivity index (χ0n) is 13.2. The topological polar surface area (TPSA) is 52.1 Å². The smallest absolute Gasteiger partial charge is 0.319 e. The highest BCUT2D eigenvalue weighted by Gasteiger charge is 2.20. The normalized spacial score (nSPS) is 12.3. The number of thioether (sulfide) groups is 1. The van der Waals surface area contributed by atoms with Gasteiger partial charge < -0.3 is 4.74 Å². The lowest BCUT2D eigenvalue weighted by Gasteiger charge is -2.11. The van der Waals surface area contributed by atoms with E-state index in [4.69, 9.17) is 16.3 Å². The van der Waals surface area contributed by atoms with Crippen LogP contribution in [0.5, 0.6) is 0 Å². The first kappa shape index (κ1) is 17.2. The summed E-state index contributed by atoms with van der Waals surface area (Å²) in [5, 5.41) is 4.17. The Hall–Kier alpha value is -1.63. The molecule has 0 radical (unpaired) electrons. The van der Waals surface area contributed by atoms with E-state index < -0.39 is 0 Å². The molecule has 3 aromatic rings. The van der Waals surface area contributed by atoms with Crippen LogP contribution in [0.2, 0.25) is 5.02 Å². The molecule has 0 amide bonds. The Balaban J connectivity index is 2.01. The second kappa shape index (κ2) is 7.51. The highest BCUT2D eigenvalue weighted by molar-refractivity contribution is 8.00. The first-order chi connectivity index (χ1) is 11.6. The summed E-state index contributed by atoms with van der Waals surface area (Å²) < 4.78 is 5.08. The monoisotopic (exact) mass is 378 g/mol. The van der Waals surface area contributed by atoms with Crippen molar-refractivity contribution >= 4 is 50.9 Å². The minimum absolute atomic E-state index is 0.238. The van der Waals surface area contributed by atoms with Gasteiger partial charge in [-0.2, -0.15) is 0 Å². The number of ether oxygens (including phenoxy) is 1. The van der Waals surface area contributed by atoms with Gasteiger partial charge in [0.15, 0.2) is 0 Å². The molecule has 0 aliphatic carbocycles. The zero-order chi connectivity index (χ0) is 17.1. The van der Waals surface area contributed by atoms with E-state index in [1.54, 1.807) is 18.3 Å². The predicted molar refractivity (Wildman–Crippen MR) is 99.8 cm³/mol. The van der Waals surface area contributed by atoms with Gasteiger partial charge in [-0.1, -0.05) is 35.5 Å². The van der Waals surface area contributed by atoms with Gasteiger partial charge in [-0.15, -0.1) is 11.3 Å². The molecule has 3 rings (SSSR count). The minimum atomic E-state index is -0.332. The van der Waals surface area contributed by atoms with Gasteiger partial charge in [-0.05, 0) is 31.5 Å². The third-order valence-electron chi connectivity index (χ3n) is 3.40. The minimum Gasteiger partial charge on any atom is -0.465 e. The number of hydrogen-bond acceptors (Lipinski definition) is 6. The summed E-state index contributed by atoms with van der Waals surface area (Å²) >= 11 is 8.93. The van der Waals surface area contributed by atoms with Crippen molar-refractivity contribution in [3.05, 3.63) is 41.0 Å². The summed E-state index contributed by atoms with van der Waals surface area (Å²) in [5.74, 6) is -0.238. The van der Waals surface area contributed by atoms with Crippen molar-refractivity contribution in [2.75, 3.05) is 6.61 Å². The molecule has 2 heterocycles. The van der Waals surface area contributed by atoms with Gasteiger partial charge in [0.2, 0.25) is 0 Å². The van der Waals surface area contributed by atoms with Gasteiger partial charge in [-0.3, -0.25) is 4.79 Å². The number of rotatable bonds is 5. The average Bonchev–Trinajstić information content (AvgIpc) is 3.01. The fraction of sp³-hybridized carbons (Fsp3) is 0.235. The number of carbonyl (C=O) groups excluding carboxylic acids is 1. The number of benzene rings is 1. The SMILES string of the molecule is CCOC(=O)[C@H](C)Sc1ncnc2scc(-c3ccc(Cl)cc3)c12. The summed E-state index contributed by atoms with van der Waals surface area (Å²) in [6.45, 7) is 4.00. The number of aromatic nitrogens is 2. The Morgan fingerprint density at radius 2 is 2.08 bits per heavy atom. The first-order valence-electron chi connectivity index (χ1n) is 7.41. The molecule has 0 saturated carbocycles. The third kappa shape index (κ3) is 3.55. The molecule has 1 atom stereocenters. The molecule has 1 aromatic carbocycles. The van der Waals surface area contributed by atoms with Gasteiger partial charge in [0.25, 0.3) is 0 Å². The number of carbonyl (C=O) groups is 1. The molecule has 0 N–H and O–H groups in total.